The summed E-state index contributed by atoms with van der Waals surface area (Å²) in [5.41, 5.74) is 2.12. The molecule has 0 amide bonds. The Morgan fingerprint density at radius 1 is 1.50 bits per heavy atom. The van der Waals surface area contributed by atoms with E-state index in [9.17, 15) is 0 Å². The van der Waals surface area contributed by atoms with Crippen molar-refractivity contribution in [3.05, 3.63) is 28.5 Å². The minimum Gasteiger partial charge on any atom is -0.377 e. The van der Waals surface area contributed by atoms with Crippen molar-refractivity contribution in [2.24, 2.45) is 0 Å². The molecule has 0 aliphatic heterocycles. The molecule has 16 heavy (non-hydrogen) atoms. The molecule has 86 valence electrons. The van der Waals surface area contributed by atoms with Crippen LogP contribution in [-0.4, -0.2) is 14.8 Å². The molecule has 1 N–H and O–H groups in total. The summed E-state index contributed by atoms with van der Waals surface area (Å²) in [7, 11) is 0. The summed E-state index contributed by atoms with van der Waals surface area (Å²) in [6.45, 7) is 7.00. The summed E-state index contributed by atoms with van der Waals surface area (Å²) in [5, 5.41) is 10.8. The van der Waals surface area contributed by atoms with Crippen molar-refractivity contribution in [3.63, 3.8) is 0 Å². The zero-order chi connectivity index (χ0) is 11.5. The summed E-state index contributed by atoms with van der Waals surface area (Å²) in [6, 6.07) is 0.400. The molecule has 0 spiro atoms. The largest absolute Gasteiger partial charge is 0.377 e. The first-order chi connectivity index (χ1) is 7.65. The van der Waals surface area contributed by atoms with Gasteiger partial charge in [0.2, 0.25) is 0 Å². The lowest BCUT2D eigenvalue weighted by molar-refractivity contribution is 0.532. The van der Waals surface area contributed by atoms with Crippen molar-refractivity contribution in [1.82, 2.24) is 14.8 Å². The number of hydrogen-bond donors (Lipinski definition) is 1. The maximum Gasteiger partial charge on any atom is 0.0898 e. The van der Waals surface area contributed by atoms with Crippen LogP contribution in [0.4, 0.5) is 5.69 Å². The van der Waals surface area contributed by atoms with Crippen molar-refractivity contribution < 1.29 is 0 Å². The fourth-order valence-electron chi connectivity index (χ4n) is 1.39. The molecule has 2 heterocycles. The van der Waals surface area contributed by atoms with Crippen LogP contribution in [0.15, 0.2) is 17.8 Å². The van der Waals surface area contributed by atoms with Crippen LogP contribution in [-0.2, 0) is 6.54 Å². The Labute approximate surface area is 99.3 Å². The number of rotatable bonds is 4. The second kappa shape index (κ2) is 4.65. The molecule has 0 saturated heterocycles. The quantitative estimate of drug-likeness (QED) is 0.887. The van der Waals surface area contributed by atoms with Gasteiger partial charge in [0.15, 0.2) is 0 Å². The third-order valence-electron chi connectivity index (χ3n) is 2.27. The number of nitrogens with zero attached hydrogens (tertiary/aromatic N) is 3. The van der Waals surface area contributed by atoms with Gasteiger partial charge >= 0.3 is 0 Å². The maximum absolute atomic E-state index is 4.40. The zero-order valence-electron chi connectivity index (χ0n) is 9.77. The van der Waals surface area contributed by atoms with E-state index in [0.29, 0.717) is 6.04 Å². The summed E-state index contributed by atoms with van der Waals surface area (Å²) in [6.07, 6.45) is 3.86. The van der Waals surface area contributed by atoms with Gasteiger partial charge in [-0.05, 0) is 20.8 Å². The number of nitrogens with one attached hydrogen (secondary N) is 1. The molecule has 0 aromatic carbocycles. The van der Waals surface area contributed by atoms with Gasteiger partial charge in [-0.2, -0.15) is 5.10 Å². The lowest BCUT2D eigenvalue weighted by Gasteiger charge is -2.03. The number of aromatic nitrogens is 3. The number of aryl methyl sites for hydroxylation is 1. The molecule has 0 fully saturated rings. The van der Waals surface area contributed by atoms with Crippen molar-refractivity contribution in [1.29, 1.82) is 0 Å². The molecule has 0 saturated carbocycles. The van der Waals surface area contributed by atoms with E-state index in [1.807, 2.05) is 24.0 Å². The molecule has 0 unspecified atom stereocenters. The van der Waals surface area contributed by atoms with Crippen LogP contribution in [0.5, 0.6) is 0 Å². The summed E-state index contributed by atoms with van der Waals surface area (Å²) < 4.78 is 1.94. The van der Waals surface area contributed by atoms with E-state index >= 15 is 0 Å². The van der Waals surface area contributed by atoms with E-state index in [0.717, 1.165) is 22.9 Å². The first-order valence-corrected chi connectivity index (χ1v) is 6.22. The predicted octanol–water partition coefficient (Wildman–Crippen LogP) is 2.84. The van der Waals surface area contributed by atoms with Crippen molar-refractivity contribution in [3.8, 4) is 0 Å². The van der Waals surface area contributed by atoms with Gasteiger partial charge in [-0.3, -0.25) is 4.68 Å². The van der Waals surface area contributed by atoms with E-state index in [2.05, 4.69) is 34.6 Å². The summed E-state index contributed by atoms with van der Waals surface area (Å²) >= 11 is 1.68. The van der Waals surface area contributed by atoms with Gasteiger partial charge in [0.05, 0.1) is 29.1 Å². The van der Waals surface area contributed by atoms with Gasteiger partial charge in [0.25, 0.3) is 0 Å². The number of thiazole rings is 1. The fourth-order valence-corrected chi connectivity index (χ4v) is 2.01. The number of hydrogen-bond acceptors (Lipinski definition) is 4. The van der Waals surface area contributed by atoms with Crippen LogP contribution >= 0.6 is 11.3 Å². The van der Waals surface area contributed by atoms with Crippen LogP contribution in [0.1, 0.15) is 30.6 Å². The van der Waals surface area contributed by atoms with Crippen molar-refractivity contribution in [2.75, 3.05) is 5.32 Å². The van der Waals surface area contributed by atoms with Crippen LogP contribution < -0.4 is 5.32 Å². The highest BCUT2D eigenvalue weighted by molar-refractivity contribution is 7.09. The van der Waals surface area contributed by atoms with Gasteiger partial charge in [0.1, 0.15) is 0 Å². The predicted molar refractivity (Wildman–Crippen MR) is 66.8 cm³/mol. The molecule has 5 heteroatoms. The maximum atomic E-state index is 4.40. The molecule has 2 aromatic heterocycles. The van der Waals surface area contributed by atoms with Gasteiger partial charge in [0, 0.05) is 17.6 Å². The first kappa shape index (κ1) is 11.1. The Kier molecular flexibility index (Phi) is 3.24. The Bertz CT molecular complexity index is 458. The van der Waals surface area contributed by atoms with E-state index in [-0.39, 0.29) is 0 Å². The van der Waals surface area contributed by atoms with Crippen molar-refractivity contribution >= 4 is 17.0 Å². The Hall–Kier alpha value is -1.36. The molecule has 2 rings (SSSR count). The second-order valence-corrected chi connectivity index (χ2v) is 5.08. The van der Waals surface area contributed by atoms with Gasteiger partial charge in [-0.15, -0.1) is 11.3 Å². The van der Waals surface area contributed by atoms with E-state index in [4.69, 9.17) is 0 Å². The van der Waals surface area contributed by atoms with E-state index in [1.165, 1.54) is 0 Å². The standard InChI is InChI=1S/C11H16N4S/c1-8(2)15-6-10(5-13-15)12-4-11-7-16-9(3)14-11/h5-8,12H,4H2,1-3H3. The minimum atomic E-state index is 0.400. The average molecular weight is 236 g/mol. The first-order valence-electron chi connectivity index (χ1n) is 5.34. The average Bonchev–Trinajstić information content (AvgIpc) is 2.83. The van der Waals surface area contributed by atoms with Gasteiger partial charge in [-0.1, -0.05) is 0 Å². The van der Waals surface area contributed by atoms with Crippen LogP contribution in [0.25, 0.3) is 0 Å². The lowest BCUT2D eigenvalue weighted by atomic mass is 10.4. The highest BCUT2D eigenvalue weighted by atomic mass is 32.1. The number of anilines is 1. The monoisotopic (exact) mass is 236 g/mol. The molecule has 0 atom stereocenters. The van der Waals surface area contributed by atoms with Crippen LogP contribution in [0, 0.1) is 6.92 Å². The highest BCUT2D eigenvalue weighted by Crippen LogP contribution is 2.13. The zero-order valence-corrected chi connectivity index (χ0v) is 10.6. The van der Waals surface area contributed by atoms with Crippen molar-refractivity contribution in [2.45, 2.75) is 33.4 Å². The lowest BCUT2D eigenvalue weighted by Crippen LogP contribution is -2.01. The normalized spacial score (nSPS) is 11.0. The molecule has 0 bridgehead atoms. The highest BCUT2D eigenvalue weighted by Gasteiger charge is 2.02. The SMILES string of the molecule is Cc1nc(CNc2cnn(C(C)C)c2)cs1. The van der Waals surface area contributed by atoms with Crippen LogP contribution in [0.2, 0.25) is 0 Å². The molecule has 2 aromatic rings. The Morgan fingerprint density at radius 3 is 2.88 bits per heavy atom. The van der Waals surface area contributed by atoms with Gasteiger partial charge in [-0.25, -0.2) is 4.98 Å². The Balaban J connectivity index is 1.94. The second-order valence-electron chi connectivity index (χ2n) is 4.01. The summed E-state index contributed by atoms with van der Waals surface area (Å²) in [5.74, 6) is 0. The summed E-state index contributed by atoms with van der Waals surface area (Å²) in [4.78, 5) is 4.40. The molecule has 0 radical (unpaired) electrons. The van der Waals surface area contributed by atoms with E-state index < -0.39 is 0 Å². The minimum absolute atomic E-state index is 0.400. The third kappa shape index (κ3) is 2.61. The van der Waals surface area contributed by atoms with E-state index in [1.54, 1.807) is 11.3 Å². The third-order valence-corrected chi connectivity index (χ3v) is 3.09. The molecular weight excluding hydrogens is 220 g/mol. The molecule has 0 aliphatic carbocycles. The van der Waals surface area contributed by atoms with Crippen LogP contribution in [0.3, 0.4) is 0 Å². The topological polar surface area (TPSA) is 42.7 Å². The molecular formula is C11H16N4S. The smallest absolute Gasteiger partial charge is 0.0898 e. The fraction of sp³-hybridized carbons (Fsp3) is 0.455. The van der Waals surface area contributed by atoms with Gasteiger partial charge < -0.3 is 5.32 Å². The molecule has 4 nitrogen and oxygen atoms in total. The molecule has 0 aliphatic rings. The Morgan fingerprint density at radius 2 is 2.31 bits per heavy atom.